The van der Waals surface area contributed by atoms with Gasteiger partial charge in [-0.25, -0.2) is 23.1 Å². The number of thioether (sulfide) groups is 1. The molecule has 1 saturated heterocycles. The lowest BCUT2D eigenvalue weighted by Crippen LogP contribution is -2.31. The Morgan fingerprint density at radius 2 is 1.95 bits per heavy atom. The molecule has 6 nitrogen and oxygen atoms in total. The van der Waals surface area contributed by atoms with Gasteiger partial charge in [-0.05, 0) is 30.3 Å². The molecule has 2 rings (SSSR count). The summed E-state index contributed by atoms with van der Waals surface area (Å²) in [4.78, 5) is 7.94. The highest BCUT2D eigenvalue weighted by Crippen LogP contribution is 2.22. The Labute approximate surface area is 117 Å². The van der Waals surface area contributed by atoms with Crippen LogP contribution in [0.3, 0.4) is 0 Å². The van der Waals surface area contributed by atoms with Gasteiger partial charge in [-0.2, -0.15) is 11.8 Å². The molecule has 8 heteroatoms. The molecule has 0 unspecified atom stereocenters. The van der Waals surface area contributed by atoms with Crippen LogP contribution in [0.2, 0.25) is 0 Å². The first-order valence-electron chi connectivity index (χ1n) is 6.19. The van der Waals surface area contributed by atoms with Gasteiger partial charge in [0.25, 0.3) is 0 Å². The minimum Gasteiger partial charge on any atom is -0.357 e. The van der Waals surface area contributed by atoms with Crippen molar-refractivity contribution in [1.82, 2.24) is 14.7 Å². The van der Waals surface area contributed by atoms with E-state index in [2.05, 4.69) is 20.0 Å². The van der Waals surface area contributed by atoms with Crippen molar-refractivity contribution in [3.8, 4) is 0 Å². The SMILES string of the molecule is CNc1ncc(S(=O)(=O)NCC2CCSCC2)cn1. The smallest absolute Gasteiger partial charge is 0.243 e. The molecule has 1 aliphatic heterocycles. The molecule has 0 atom stereocenters. The minimum absolute atomic E-state index is 0.108. The summed E-state index contributed by atoms with van der Waals surface area (Å²) in [6.45, 7) is 0.497. The van der Waals surface area contributed by atoms with Crippen molar-refractivity contribution in [2.75, 3.05) is 30.4 Å². The molecule has 106 valence electrons. The van der Waals surface area contributed by atoms with E-state index in [9.17, 15) is 8.42 Å². The fourth-order valence-corrected chi connectivity index (χ4v) is 4.05. The number of hydrogen-bond donors (Lipinski definition) is 2. The van der Waals surface area contributed by atoms with Gasteiger partial charge in [0.1, 0.15) is 4.90 Å². The van der Waals surface area contributed by atoms with Crippen molar-refractivity contribution >= 4 is 27.7 Å². The minimum atomic E-state index is -3.49. The molecule has 0 radical (unpaired) electrons. The van der Waals surface area contributed by atoms with Crippen LogP contribution in [-0.2, 0) is 10.0 Å². The third kappa shape index (κ3) is 4.05. The summed E-state index contributed by atoms with van der Waals surface area (Å²) in [5, 5.41) is 2.75. The second kappa shape index (κ2) is 6.53. The number of sulfonamides is 1. The zero-order chi connectivity index (χ0) is 13.7. The lowest BCUT2D eigenvalue weighted by atomic mass is 10.0. The Balaban J connectivity index is 1.96. The molecular formula is C11H18N4O2S2. The van der Waals surface area contributed by atoms with Crippen LogP contribution >= 0.6 is 11.8 Å². The first-order valence-corrected chi connectivity index (χ1v) is 8.83. The first kappa shape index (κ1) is 14.5. The van der Waals surface area contributed by atoms with E-state index in [1.807, 2.05) is 11.8 Å². The predicted octanol–water partition coefficient (Wildman–Crippen LogP) is 0.940. The average molecular weight is 302 g/mol. The van der Waals surface area contributed by atoms with Gasteiger partial charge in [-0.15, -0.1) is 0 Å². The average Bonchev–Trinajstić information content (AvgIpc) is 2.46. The largest absolute Gasteiger partial charge is 0.357 e. The molecule has 0 amide bonds. The number of nitrogens with zero attached hydrogens (tertiary/aromatic N) is 2. The van der Waals surface area contributed by atoms with Gasteiger partial charge in [-0.1, -0.05) is 0 Å². The number of rotatable bonds is 5. The summed E-state index contributed by atoms with van der Waals surface area (Å²) in [7, 11) is -1.81. The van der Waals surface area contributed by atoms with E-state index in [-0.39, 0.29) is 4.90 Å². The molecule has 19 heavy (non-hydrogen) atoms. The Kier molecular flexibility index (Phi) is 5.00. The monoisotopic (exact) mass is 302 g/mol. The molecule has 1 aromatic heterocycles. The molecule has 1 aliphatic rings. The molecule has 0 spiro atoms. The van der Waals surface area contributed by atoms with Crippen LogP contribution in [0.4, 0.5) is 5.95 Å². The standard InChI is InChI=1S/C11H18N4O2S2/c1-12-11-13-7-10(8-14-11)19(16,17)15-6-9-2-4-18-5-3-9/h7-9,15H,2-6H2,1H3,(H,12,13,14). The fraction of sp³-hybridized carbons (Fsp3) is 0.636. The van der Waals surface area contributed by atoms with Gasteiger partial charge >= 0.3 is 0 Å². The quantitative estimate of drug-likeness (QED) is 0.842. The molecule has 0 bridgehead atoms. The second-order valence-corrected chi connectivity index (χ2v) is 7.39. The van der Waals surface area contributed by atoms with E-state index in [0.717, 1.165) is 24.3 Å². The summed E-state index contributed by atoms with van der Waals surface area (Å²) < 4.78 is 26.8. The number of anilines is 1. The van der Waals surface area contributed by atoms with Crippen molar-refractivity contribution < 1.29 is 8.42 Å². The zero-order valence-corrected chi connectivity index (χ0v) is 12.4. The highest BCUT2D eigenvalue weighted by Gasteiger charge is 2.19. The van der Waals surface area contributed by atoms with E-state index < -0.39 is 10.0 Å². The Morgan fingerprint density at radius 3 is 2.53 bits per heavy atom. The van der Waals surface area contributed by atoms with Crippen LogP contribution in [0.15, 0.2) is 17.3 Å². The van der Waals surface area contributed by atoms with Gasteiger partial charge in [-0.3, -0.25) is 0 Å². The summed E-state index contributed by atoms with van der Waals surface area (Å²) in [6, 6.07) is 0. The highest BCUT2D eigenvalue weighted by molar-refractivity contribution is 7.99. The molecule has 1 fully saturated rings. The van der Waals surface area contributed by atoms with Crippen LogP contribution in [0.25, 0.3) is 0 Å². The van der Waals surface area contributed by atoms with Crippen molar-refractivity contribution in [2.45, 2.75) is 17.7 Å². The third-order valence-corrected chi connectivity index (χ3v) is 5.49. The van der Waals surface area contributed by atoms with Crippen molar-refractivity contribution in [1.29, 1.82) is 0 Å². The highest BCUT2D eigenvalue weighted by atomic mass is 32.2. The summed E-state index contributed by atoms with van der Waals surface area (Å²) in [6.07, 6.45) is 4.78. The van der Waals surface area contributed by atoms with Crippen molar-refractivity contribution in [2.24, 2.45) is 5.92 Å². The van der Waals surface area contributed by atoms with Crippen LogP contribution in [0.5, 0.6) is 0 Å². The van der Waals surface area contributed by atoms with Gasteiger partial charge in [0, 0.05) is 13.6 Å². The summed E-state index contributed by atoms with van der Waals surface area (Å²) in [5.74, 6) is 3.08. The molecule has 1 aromatic rings. The first-order chi connectivity index (χ1) is 9.12. The predicted molar refractivity (Wildman–Crippen MR) is 76.8 cm³/mol. The van der Waals surface area contributed by atoms with E-state index in [0.29, 0.717) is 18.4 Å². The molecular weight excluding hydrogens is 284 g/mol. The van der Waals surface area contributed by atoms with E-state index in [1.165, 1.54) is 12.4 Å². The lowest BCUT2D eigenvalue weighted by Gasteiger charge is -2.21. The Bertz CT molecular complexity index is 498. The van der Waals surface area contributed by atoms with Crippen molar-refractivity contribution in [3.05, 3.63) is 12.4 Å². The third-order valence-electron chi connectivity index (χ3n) is 3.06. The number of nitrogens with one attached hydrogen (secondary N) is 2. The maximum Gasteiger partial charge on any atom is 0.243 e. The molecule has 0 saturated carbocycles. The molecule has 2 heterocycles. The lowest BCUT2D eigenvalue weighted by molar-refractivity contribution is 0.476. The summed E-state index contributed by atoms with van der Waals surface area (Å²) in [5.41, 5.74) is 0. The molecule has 0 aliphatic carbocycles. The van der Waals surface area contributed by atoms with E-state index in [4.69, 9.17) is 0 Å². The molecule has 0 aromatic carbocycles. The maximum atomic E-state index is 12.1. The van der Waals surface area contributed by atoms with Crippen LogP contribution < -0.4 is 10.0 Å². The van der Waals surface area contributed by atoms with Gasteiger partial charge in [0.05, 0.1) is 12.4 Å². The normalized spacial score (nSPS) is 17.3. The van der Waals surface area contributed by atoms with E-state index >= 15 is 0 Å². The van der Waals surface area contributed by atoms with Crippen molar-refractivity contribution in [3.63, 3.8) is 0 Å². The maximum absolute atomic E-state index is 12.1. The van der Waals surface area contributed by atoms with Gasteiger partial charge in [0.15, 0.2) is 0 Å². The topological polar surface area (TPSA) is 84.0 Å². The van der Waals surface area contributed by atoms with Crippen LogP contribution in [0, 0.1) is 5.92 Å². The zero-order valence-electron chi connectivity index (χ0n) is 10.8. The second-order valence-electron chi connectivity index (χ2n) is 4.40. The fourth-order valence-electron chi connectivity index (χ4n) is 1.85. The number of aromatic nitrogens is 2. The van der Waals surface area contributed by atoms with Gasteiger partial charge in [0.2, 0.25) is 16.0 Å². The Morgan fingerprint density at radius 1 is 1.32 bits per heavy atom. The summed E-state index contributed by atoms with van der Waals surface area (Å²) >= 11 is 1.93. The van der Waals surface area contributed by atoms with Gasteiger partial charge < -0.3 is 5.32 Å². The van der Waals surface area contributed by atoms with E-state index in [1.54, 1.807) is 7.05 Å². The molecule has 2 N–H and O–H groups in total. The Hall–Kier alpha value is -0.860. The van der Waals surface area contributed by atoms with Crippen LogP contribution in [0.1, 0.15) is 12.8 Å². The number of hydrogen-bond acceptors (Lipinski definition) is 6. The van der Waals surface area contributed by atoms with Crippen LogP contribution in [-0.4, -0.2) is 43.5 Å².